The van der Waals surface area contributed by atoms with Gasteiger partial charge >= 0.3 is 0 Å². The molecule has 2 aromatic rings. The van der Waals surface area contributed by atoms with Gasteiger partial charge in [-0.05, 0) is 48.9 Å². The first-order chi connectivity index (χ1) is 11.3. The predicted molar refractivity (Wildman–Crippen MR) is 83.1 cm³/mol. The Labute approximate surface area is 134 Å². The standard InChI is InChI=1S/C16H20N6O/c23-16(14-3-4-14)21-9-1-2-12(10-21)11-22-19-15(18-20-22)13-5-7-17-8-6-13/h5-8,12,14H,1-4,9-11H2/t12-/m1/s1. The average Bonchev–Trinajstić information content (AvgIpc) is 3.35. The van der Waals surface area contributed by atoms with Gasteiger partial charge < -0.3 is 4.90 Å². The smallest absolute Gasteiger partial charge is 0.225 e. The molecule has 7 nitrogen and oxygen atoms in total. The second-order valence-electron chi connectivity index (χ2n) is 6.47. The summed E-state index contributed by atoms with van der Waals surface area (Å²) in [4.78, 5) is 19.9. The van der Waals surface area contributed by atoms with Gasteiger partial charge in [-0.2, -0.15) is 4.80 Å². The van der Waals surface area contributed by atoms with Crippen LogP contribution in [0.5, 0.6) is 0 Å². The molecule has 0 unspecified atom stereocenters. The molecule has 2 aliphatic rings. The summed E-state index contributed by atoms with van der Waals surface area (Å²) in [5.41, 5.74) is 0.917. The molecule has 1 aliphatic heterocycles. The van der Waals surface area contributed by atoms with E-state index in [4.69, 9.17) is 0 Å². The van der Waals surface area contributed by atoms with E-state index in [1.807, 2.05) is 17.0 Å². The lowest BCUT2D eigenvalue weighted by Gasteiger charge is -2.32. The van der Waals surface area contributed by atoms with Gasteiger partial charge in [0.05, 0.1) is 6.54 Å². The molecule has 4 rings (SSSR count). The van der Waals surface area contributed by atoms with Gasteiger partial charge in [0, 0.05) is 37.0 Å². The molecule has 1 atom stereocenters. The van der Waals surface area contributed by atoms with E-state index in [1.54, 1.807) is 17.2 Å². The first-order valence-electron chi connectivity index (χ1n) is 8.26. The summed E-state index contributed by atoms with van der Waals surface area (Å²) in [6, 6.07) is 3.75. The molecule has 1 amide bonds. The van der Waals surface area contributed by atoms with Crippen LogP contribution in [0.15, 0.2) is 24.5 Å². The Kier molecular flexibility index (Phi) is 3.77. The fourth-order valence-corrected chi connectivity index (χ4v) is 3.17. The maximum absolute atomic E-state index is 12.2. The number of nitrogens with zero attached hydrogens (tertiary/aromatic N) is 6. The van der Waals surface area contributed by atoms with E-state index in [-0.39, 0.29) is 0 Å². The van der Waals surface area contributed by atoms with Crippen molar-refractivity contribution in [3.05, 3.63) is 24.5 Å². The van der Waals surface area contributed by atoms with E-state index in [0.29, 0.717) is 30.1 Å². The molecule has 1 saturated carbocycles. The van der Waals surface area contributed by atoms with Crippen LogP contribution in [0.3, 0.4) is 0 Å². The Hall–Kier alpha value is -2.31. The van der Waals surface area contributed by atoms with Gasteiger partial charge in [-0.25, -0.2) is 0 Å². The van der Waals surface area contributed by atoms with E-state index in [9.17, 15) is 4.79 Å². The highest BCUT2D eigenvalue weighted by molar-refractivity contribution is 5.81. The minimum Gasteiger partial charge on any atom is -0.342 e. The predicted octanol–water partition coefficient (Wildman–Crippen LogP) is 1.38. The van der Waals surface area contributed by atoms with E-state index < -0.39 is 0 Å². The third-order valence-corrected chi connectivity index (χ3v) is 4.57. The van der Waals surface area contributed by atoms with Crippen molar-refractivity contribution < 1.29 is 4.79 Å². The first kappa shape index (κ1) is 14.3. The zero-order valence-electron chi connectivity index (χ0n) is 13.0. The fraction of sp³-hybridized carbons (Fsp3) is 0.562. The SMILES string of the molecule is O=C(C1CC1)N1CCC[C@@H](Cn2nnc(-c3ccncc3)n2)C1. The first-order valence-corrected chi connectivity index (χ1v) is 8.26. The van der Waals surface area contributed by atoms with Gasteiger partial charge in [0.15, 0.2) is 0 Å². The zero-order valence-corrected chi connectivity index (χ0v) is 13.0. The zero-order chi connectivity index (χ0) is 15.6. The van der Waals surface area contributed by atoms with Gasteiger partial charge in [-0.3, -0.25) is 9.78 Å². The number of tetrazole rings is 1. The van der Waals surface area contributed by atoms with Gasteiger partial charge in [0.1, 0.15) is 0 Å². The monoisotopic (exact) mass is 312 g/mol. The van der Waals surface area contributed by atoms with E-state index in [0.717, 1.165) is 44.3 Å². The molecule has 2 aromatic heterocycles. The largest absolute Gasteiger partial charge is 0.342 e. The van der Waals surface area contributed by atoms with Crippen LogP contribution < -0.4 is 0 Å². The molecule has 120 valence electrons. The molecule has 0 N–H and O–H groups in total. The van der Waals surface area contributed by atoms with Crippen molar-refractivity contribution in [1.82, 2.24) is 30.1 Å². The van der Waals surface area contributed by atoms with Crippen LogP contribution in [0.1, 0.15) is 25.7 Å². The van der Waals surface area contributed by atoms with Crippen LogP contribution in [0.2, 0.25) is 0 Å². The summed E-state index contributed by atoms with van der Waals surface area (Å²) in [5.74, 6) is 1.68. The maximum atomic E-state index is 12.2. The molecule has 0 spiro atoms. The summed E-state index contributed by atoms with van der Waals surface area (Å²) in [5, 5.41) is 12.7. The van der Waals surface area contributed by atoms with Crippen LogP contribution >= 0.6 is 0 Å². The van der Waals surface area contributed by atoms with Crippen LogP contribution in [-0.2, 0) is 11.3 Å². The Morgan fingerprint density at radius 2 is 2.04 bits per heavy atom. The molecule has 1 saturated heterocycles. The number of piperidine rings is 1. The highest BCUT2D eigenvalue weighted by Gasteiger charge is 2.35. The van der Waals surface area contributed by atoms with Crippen molar-refractivity contribution >= 4 is 5.91 Å². The Bertz CT molecular complexity index is 681. The van der Waals surface area contributed by atoms with Gasteiger partial charge in [-0.15, -0.1) is 10.2 Å². The normalized spacial score (nSPS) is 21.4. The van der Waals surface area contributed by atoms with Crippen molar-refractivity contribution in [2.24, 2.45) is 11.8 Å². The van der Waals surface area contributed by atoms with Crippen molar-refractivity contribution in [3.63, 3.8) is 0 Å². The number of carbonyl (C=O) groups excluding carboxylic acids is 1. The topological polar surface area (TPSA) is 76.8 Å². The Morgan fingerprint density at radius 3 is 2.83 bits per heavy atom. The highest BCUT2D eigenvalue weighted by atomic mass is 16.2. The summed E-state index contributed by atoms with van der Waals surface area (Å²) < 4.78 is 0. The molecular formula is C16H20N6O. The minimum absolute atomic E-state index is 0.302. The van der Waals surface area contributed by atoms with Gasteiger partial charge in [0.25, 0.3) is 0 Å². The minimum atomic E-state index is 0.302. The third-order valence-electron chi connectivity index (χ3n) is 4.57. The number of rotatable bonds is 4. The number of amides is 1. The van der Waals surface area contributed by atoms with Gasteiger partial charge in [-0.1, -0.05) is 0 Å². The summed E-state index contributed by atoms with van der Waals surface area (Å²) in [6.45, 7) is 2.44. The molecule has 2 fully saturated rings. The second-order valence-corrected chi connectivity index (χ2v) is 6.47. The Morgan fingerprint density at radius 1 is 1.22 bits per heavy atom. The second kappa shape index (κ2) is 6.06. The molecular weight excluding hydrogens is 292 g/mol. The van der Waals surface area contributed by atoms with Crippen LogP contribution in [0.25, 0.3) is 11.4 Å². The summed E-state index contributed by atoms with van der Waals surface area (Å²) in [7, 11) is 0. The number of aromatic nitrogens is 5. The fourth-order valence-electron chi connectivity index (χ4n) is 3.17. The van der Waals surface area contributed by atoms with Crippen LogP contribution in [-0.4, -0.2) is 49.1 Å². The van der Waals surface area contributed by atoms with E-state index >= 15 is 0 Å². The van der Waals surface area contributed by atoms with Gasteiger partial charge in [0.2, 0.25) is 11.7 Å². The van der Waals surface area contributed by atoms with Crippen LogP contribution in [0, 0.1) is 11.8 Å². The molecule has 0 bridgehead atoms. The van der Waals surface area contributed by atoms with Crippen molar-refractivity contribution in [3.8, 4) is 11.4 Å². The summed E-state index contributed by atoms with van der Waals surface area (Å²) in [6.07, 6.45) is 7.76. The quantitative estimate of drug-likeness (QED) is 0.852. The van der Waals surface area contributed by atoms with E-state index in [2.05, 4.69) is 20.4 Å². The van der Waals surface area contributed by atoms with Crippen molar-refractivity contribution in [1.29, 1.82) is 0 Å². The molecule has 0 radical (unpaired) electrons. The summed E-state index contributed by atoms with van der Waals surface area (Å²) >= 11 is 0. The maximum Gasteiger partial charge on any atom is 0.225 e. The van der Waals surface area contributed by atoms with E-state index in [1.165, 1.54) is 0 Å². The number of likely N-dealkylation sites (tertiary alicyclic amines) is 1. The molecule has 7 heteroatoms. The lowest BCUT2D eigenvalue weighted by Crippen LogP contribution is -2.42. The molecule has 23 heavy (non-hydrogen) atoms. The lowest BCUT2D eigenvalue weighted by molar-refractivity contribution is -0.134. The molecule has 3 heterocycles. The molecule has 0 aromatic carbocycles. The average molecular weight is 312 g/mol. The van der Waals surface area contributed by atoms with Crippen molar-refractivity contribution in [2.75, 3.05) is 13.1 Å². The third kappa shape index (κ3) is 3.23. The Balaban J connectivity index is 1.40. The number of pyridine rings is 1. The number of hydrogen-bond donors (Lipinski definition) is 0. The molecule has 1 aliphatic carbocycles. The van der Waals surface area contributed by atoms with Crippen molar-refractivity contribution in [2.45, 2.75) is 32.2 Å². The van der Waals surface area contributed by atoms with Crippen LogP contribution in [0.4, 0.5) is 0 Å². The number of carbonyl (C=O) groups is 1. The number of hydrogen-bond acceptors (Lipinski definition) is 5. The lowest BCUT2D eigenvalue weighted by atomic mass is 9.98. The highest BCUT2D eigenvalue weighted by Crippen LogP contribution is 2.32.